The van der Waals surface area contributed by atoms with Gasteiger partial charge in [0.25, 0.3) is 0 Å². The first-order valence-corrected chi connectivity index (χ1v) is 6.49. The molecule has 2 aromatic rings. The molecule has 1 aliphatic rings. The Morgan fingerprint density at radius 3 is 2.75 bits per heavy atom. The number of nitrogens with one attached hydrogen (secondary N) is 1. The number of rotatable bonds is 3. The van der Waals surface area contributed by atoms with Crippen LogP contribution >= 0.6 is 0 Å². The van der Waals surface area contributed by atoms with Crippen molar-refractivity contribution in [1.29, 1.82) is 0 Å². The molecule has 4 nitrogen and oxygen atoms in total. The first kappa shape index (κ1) is 13.0. The Bertz CT molecular complexity index is 631. The van der Waals surface area contributed by atoms with Gasteiger partial charge in [-0.15, -0.1) is 0 Å². The fourth-order valence-electron chi connectivity index (χ4n) is 2.38. The van der Waals surface area contributed by atoms with Crippen molar-refractivity contribution in [2.24, 2.45) is 0 Å². The van der Waals surface area contributed by atoms with E-state index < -0.39 is 5.92 Å². The van der Waals surface area contributed by atoms with E-state index in [4.69, 9.17) is 4.52 Å². The minimum atomic E-state index is -2.58. The summed E-state index contributed by atoms with van der Waals surface area (Å²) in [5.74, 6) is -2.16. The zero-order valence-corrected chi connectivity index (χ0v) is 11.3. The molecular weight excluding hydrogens is 264 g/mol. The highest BCUT2D eigenvalue weighted by Crippen LogP contribution is 2.47. The molecule has 0 atom stereocenters. The summed E-state index contributed by atoms with van der Waals surface area (Å²) in [6.07, 6.45) is -0.408. The molecule has 1 heterocycles. The summed E-state index contributed by atoms with van der Waals surface area (Å²) < 4.78 is 30.8. The number of aromatic nitrogens is 2. The van der Waals surface area contributed by atoms with E-state index in [-0.39, 0.29) is 18.8 Å². The predicted octanol–water partition coefficient (Wildman–Crippen LogP) is 3.60. The molecule has 0 radical (unpaired) electrons. The van der Waals surface area contributed by atoms with Gasteiger partial charge in [0, 0.05) is 37.1 Å². The van der Waals surface area contributed by atoms with Crippen LogP contribution in [0.4, 0.5) is 14.5 Å². The standard InChI is InChI=1S/C14H15F2N3O/c1-8-3-4-9(5-11(8)17-2)12-18-13(20-19-12)10-6-14(15,16)7-10/h3-5,10,17H,6-7H2,1-2H3. The Balaban J connectivity index is 1.83. The third-order valence-electron chi connectivity index (χ3n) is 3.65. The van der Waals surface area contributed by atoms with Crippen LogP contribution in [0.5, 0.6) is 0 Å². The summed E-state index contributed by atoms with van der Waals surface area (Å²) >= 11 is 0. The number of hydrogen-bond donors (Lipinski definition) is 1. The molecule has 1 aromatic heterocycles. The van der Waals surface area contributed by atoms with Crippen LogP contribution in [0, 0.1) is 6.92 Å². The van der Waals surface area contributed by atoms with Gasteiger partial charge < -0.3 is 9.84 Å². The third-order valence-corrected chi connectivity index (χ3v) is 3.65. The molecule has 0 spiro atoms. The van der Waals surface area contributed by atoms with E-state index >= 15 is 0 Å². The molecule has 6 heteroatoms. The molecule has 106 valence electrons. The van der Waals surface area contributed by atoms with Gasteiger partial charge in [-0.1, -0.05) is 17.3 Å². The highest BCUT2D eigenvalue weighted by Gasteiger charge is 2.48. The van der Waals surface area contributed by atoms with Crippen molar-refractivity contribution in [3.05, 3.63) is 29.7 Å². The van der Waals surface area contributed by atoms with Gasteiger partial charge in [-0.25, -0.2) is 8.78 Å². The van der Waals surface area contributed by atoms with Gasteiger partial charge in [-0.2, -0.15) is 4.98 Å². The third kappa shape index (κ3) is 2.26. The average molecular weight is 279 g/mol. The SMILES string of the molecule is CNc1cc(-c2noc(C3CC(F)(F)C3)n2)ccc1C. The van der Waals surface area contributed by atoms with Crippen LogP contribution in [0.15, 0.2) is 22.7 Å². The zero-order valence-electron chi connectivity index (χ0n) is 11.3. The molecule has 1 fully saturated rings. The maximum absolute atomic E-state index is 12.8. The van der Waals surface area contributed by atoms with Crippen LogP contribution in [0.3, 0.4) is 0 Å². The number of anilines is 1. The Labute approximate surface area is 115 Å². The van der Waals surface area contributed by atoms with Crippen molar-refractivity contribution < 1.29 is 13.3 Å². The Kier molecular flexibility index (Phi) is 2.96. The summed E-state index contributed by atoms with van der Waals surface area (Å²) in [7, 11) is 1.84. The fourth-order valence-corrected chi connectivity index (χ4v) is 2.38. The highest BCUT2D eigenvalue weighted by atomic mass is 19.3. The van der Waals surface area contributed by atoms with Crippen LogP contribution in [0.1, 0.15) is 30.2 Å². The molecule has 20 heavy (non-hydrogen) atoms. The normalized spacial score (nSPS) is 17.8. The monoisotopic (exact) mass is 279 g/mol. The van der Waals surface area contributed by atoms with E-state index in [1.807, 2.05) is 32.2 Å². The van der Waals surface area contributed by atoms with E-state index in [0.717, 1.165) is 16.8 Å². The number of halogens is 2. The first-order chi connectivity index (χ1) is 9.48. The van der Waals surface area contributed by atoms with E-state index in [1.54, 1.807) is 0 Å². The average Bonchev–Trinajstić information content (AvgIpc) is 2.85. The molecule has 0 aliphatic heterocycles. The van der Waals surface area contributed by atoms with Gasteiger partial charge in [-0.05, 0) is 18.6 Å². The maximum atomic E-state index is 12.8. The maximum Gasteiger partial charge on any atom is 0.249 e. The van der Waals surface area contributed by atoms with Crippen LogP contribution < -0.4 is 5.32 Å². The lowest BCUT2D eigenvalue weighted by Crippen LogP contribution is -2.33. The van der Waals surface area contributed by atoms with Gasteiger partial charge in [0.15, 0.2) is 0 Å². The molecule has 1 saturated carbocycles. The number of hydrogen-bond acceptors (Lipinski definition) is 4. The van der Waals surface area contributed by atoms with Crippen molar-refractivity contribution in [3.8, 4) is 11.4 Å². The predicted molar refractivity (Wildman–Crippen MR) is 70.9 cm³/mol. The second-order valence-corrected chi connectivity index (χ2v) is 5.20. The molecular formula is C14H15F2N3O. The first-order valence-electron chi connectivity index (χ1n) is 6.49. The topological polar surface area (TPSA) is 51.0 Å². The molecule has 1 N–H and O–H groups in total. The van der Waals surface area contributed by atoms with Crippen molar-refractivity contribution in [2.45, 2.75) is 31.6 Å². The van der Waals surface area contributed by atoms with Gasteiger partial charge in [0.2, 0.25) is 17.6 Å². The van der Waals surface area contributed by atoms with Crippen LogP contribution in [-0.4, -0.2) is 23.1 Å². The fraction of sp³-hybridized carbons (Fsp3) is 0.429. The summed E-state index contributed by atoms with van der Waals surface area (Å²) in [6.45, 7) is 1.99. The summed E-state index contributed by atoms with van der Waals surface area (Å²) in [5, 5.41) is 6.97. The molecule has 0 unspecified atom stereocenters. The van der Waals surface area contributed by atoms with Gasteiger partial charge in [0.05, 0.1) is 0 Å². The minimum absolute atomic E-state index is 0.204. The van der Waals surface area contributed by atoms with Crippen LogP contribution in [0.25, 0.3) is 11.4 Å². The number of aryl methyl sites for hydroxylation is 1. The summed E-state index contributed by atoms with van der Waals surface area (Å²) in [6, 6.07) is 5.76. The van der Waals surface area contributed by atoms with Gasteiger partial charge in [-0.3, -0.25) is 0 Å². The Morgan fingerprint density at radius 1 is 1.35 bits per heavy atom. The number of nitrogens with zero attached hydrogens (tertiary/aromatic N) is 2. The van der Waals surface area contributed by atoms with E-state index in [9.17, 15) is 8.78 Å². The van der Waals surface area contributed by atoms with Crippen molar-refractivity contribution in [1.82, 2.24) is 10.1 Å². The van der Waals surface area contributed by atoms with Crippen molar-refractivity contribution >= 4 is 5.69 Å². The van der Waals surface area contributed by atoms with Crippen molar-refractivity contribution in [3.63, 3.8) is 0 Å². The molecule has 1 aliphatic carbocycles. The quantitative estimate of drug-likeness (QED) is 0.932. The minimum Gasteiger partial charge on any atom is -0.388 e. The lowest BCUT2D eigenvalue weighted by atomic mass is 9.81. The summed E-state index contributed by atoms with van der Waals surface area (Å²) in [4.78, 5) is 4.23. The Morgan fingerprint density at radius 2 is 2.10 bits per heavy atom. The van der Waals surface area contributed by atoms with Crippen molar-refractivity contribution in [2.75, 3.05) is 12.4 Å². The number of alkyl halides is 2. The zero-order chi connectivity index (χ0) is 14.3. The van der Waals surface area contributed by atoms with Gasteiger partial charge >= 0.3 is 0 Å². The van der Waals surface area contributed by atoms with E-state index in [0.29, 0.717) is 11.7 Å². The van der Waals surface area contributed by atoms with E-state index in [2.05, 4.69) is 15.5 Å². The van der Waals surface area contributed by atoms with E-state index in [1.165, 1.54) is 0 Å². The second-order valence-electron chi connectivity index (χ2n) is 5.20. The van der Waals surface area contributed by atoms with Crippen LogP contribution in [-0.2, 0) is 0 Å². The molecule has 0 amide bonds. The Hall–Kier alpha value is -1.98. The summed E-state index contributed by atoms with van der Waals surface area (Å²) in [5.41, 5.74) is 2.89. The lowest BCUT2D eigenvalue weighted by molar-refractivity contribution is -0.0925. The molecule has 3 rings (SSSR count). The molecule has 1 aromatic carbocycles. The lowest BCUT2D eigenvalue weighted by Gasteiger charge is -2.31. The smallest absolute Gasteiger partial charge is 0.249 e. The van der Waals surface area contributed by atoms with Gasteiger partial charge in [0.1, 0.15) is 0 Å². The molecule has 0 saturated heterocycles. The highest BCUT2D eigenvalue weighted by molar-refractivity contribution is 5.64. The molecule has 0 bridgehead atoms. The van der Waals surface area contributed by atoms with Crippen LogP contribution in [0.2, 0.25) is 0 Å². The number of benzene rings is 1. The largest absolute Gasteiger partial charge is 0.388 e. The second kappa shape index (κ2) is 4.54.